The normalized spacial score (nSPS) is 13.0. The third kappa shape index (κ3) is 4.05. The van der Waals surface area contributed by atoms with Gasteiger partial charge in [-0.25, -0.2) is 0 Å². The smallest absolute Gasteiger partial charge is 0.379 e. The van der Waals surface area contributed by atoms with E-state index >= 15 is 0 Å². The van der Waals surface area contributed by atoms with Gasteiger partial charge in [-0.3, -0.25) is 0 Å². The van der Waals surface area contributed by atoms with E-state index in [-0.39, 0.29) is 6.04 Å². The molecule has 1 N–H and O–H groups in total. The summed E-state index contributed by atoms with van der Waals surface area (Å²) in [5, 5.41) is 3.86. The van der Waals surface area contributed by atoms with Gasteiger partial charge in [0.05, 0.1) is 15.6 Å². The molecule has 0 spiro atoms. The van der Waals surface area contributed by atoms with Crippen molar-refractivity contribution in [1.29, 1.82) is 0 Å². The monoisotopic (exact) mass is 333 g/mol. The molecule has 0 saturated heterocycles. The van der Waals surface area contributed by atoms with Crippen LogP contribution in [0.1, 0.15) is 24.1 Å². The average molecular weight is 334 g/mol. The van der Waals surface area contributed by atoms with E-state index in [4.69, 9.17) is 23.2 Å². The quantitative estimate of drug-likeness (QED) is 0.706. The van der Waals surface area contributed by atoms with Gasteiger partial charge in [0.15, 0.2) is 0 Å². The van der Waals surface area contributed by atoms with Crippen molar-refractivity contribution in [3.05, 3.63) is 63.6 Å². The number of hydrogen-bond acceptors (Lipinski definition) is 1. The molecule has 2 aromatic rings. The molecule has 0 saturated carbocycles. The van der Waals surface area contributed by atoms with E-state index in [1.54, 1.807) is 24.3 Å². The summed E-state index contributed by atoms with van der Waals surface area (Å²) in [6.45, 7) is 1.83. The van der Waals surface area contributed by atoms with Gasteiger partial charge < -0.3 is 5.32 Å². The first-order valence-electron chi connectivity index (χ1n) is 6.16. The van der Waals surface area contributed by atoms with Crippen LogP contribution in [0.3, 0.4) is 0 Å². The van der Waals surface area contributed by atoms with E-state index in [1.807, 2.05) is 6.92 Å². The van der Waals surface area contributed by atoms with Gasteiger partial charge >= 0.3 is 6.18 Å². The highest BCUT2D eigenvalue weighted by atomic mass is 35.5. The molecule has 0 aliphatic rings. The fraction of sp³-hybridized carbons (Fsp3) is 0.200. The van der Waals surface area contributed by atoms with Crippen LogP contribution in [0.5, 0.6) is 0 Å². The average Bonchev–Trinajstić information content (AvgIpc) is 2.41. The second kappa shape index (κ2) is 6.16. The second-order valence-corrected chi connectivity index (χ2v) is 5.43. The minimum Gasteiger partial charge on any atom is -0.379 e. The van der Waals surface area contributed by atoms with Crippen molar-refractivity contribution >= 4 is 28.9 Å². The molecule has 0 heterocycles. The van der Waals surface area contributed by atoms with Crippen LogP contribution in [0.25, 0.3) is 0 Å². The Hall–Kier alpha value is -1.39. The van der Waals surface area contributed by atoms with Gasteiger partial charge in [-0.1, -0.05) is 35.3 Å². The number of anilines is 1. The van der Waals surface area contributed by atoms with Gasteiger partial charge in [-0.05, 0) is 42.8 Å². The van der Waals surface area contributed by atoms with Crippen molar-refractivity contribution in [1.82, 2.24) is 0 Å². The molecule has 0 aliphatic carbocycles. The van der Waals surface area contributed by atoms with Gasteiger partial charge in [0.1, 0.15) is 0 Å². The van der Waals surface area contributed by atoms with Gasteiger partial charge in [0, 0.05) is 11.7 Å². The zero-order chi connectivity index (χ0) is 15.6. The van der Waals surface area contributed by atoms with E-state index in [2.05, 4.69) is 5.32 Å². The minimum atomic E-state index is -4.36. The summed E-state index contributed by atoms with van der Waals surface area (Å²) in [6, 6.07) is 9.99. The largest absolute Gasteiger partial charge is 0.416 e. The number of nitrogens with one attached hydrogen (secondary N) is 1. The zero-order valence-electron chi connectivity index (χ0n) is 11.0. The highest BCUT2D eigenvalue weighted by Gasteiger charge is 2.30. The van der Waals surface area contributed by atoms with Crippen LogP contribution < -0.4 is 5.32 Å². The van der Waals surface area contributed by atoms with Crippen LogP contribution >= 0.6 is 23.2 Å². The predicted molar refractivity (Wildman–Crippen MR) is 79.9 cm³/mol. The maximum atomic E-state index is 12.7. The Morgan fingerprint density at radius 1 is 1.00 bits per heavy atom. The second-order valence-electron chi connectivity index (χ2n) is 4.62. The Labute approximate surface area is 130 Å². The summed E-state index contributed by atoms with van der Waals surface area (Å²) < 4.78 is 38.0. The number of alkyl halides is 3. The lowest BCUT2D eigenvalue weighted by molar-refractivity contribution is -0.137. The molecule has 0 amide bonds. The maximum Gasteiger partial charge on any atom is 0.416 e. The summed E-state index contributed by atoms with van der Waals surface area (Å²) in [5.41, 5.74) is 0.541. The molecule has 0 radical (unpaired) electrons. The predicted octanol–water partition coefficient (Wildman–Crippen LogP) is 6.19. The third-order valence-electron chi connectivity index (χ3n) is 3.02. The van der Waals surface area contributed by atoms with E-state index < -0.39 is 11.7 Å². The highest BCUT2D eigenvalue weighted by molar-refractivity contribution is 6.42. The third-order valence-corrected chi connectivity index (χ3v) is 3.76. The van der Waals surface area contributed by atoms with E-state index in [0.717, 1.165) is 17.7 Å². The van der Waals surface area contributed by atoms with Gasteiger partial charge in [0.2, 0.25) is 0 Å². The topological polar surface area (TPSA) is 12.0 Å². The molecule has 21 heavy (non-hydrogen) atoms. The Morgan fingerprint density at radius 3 is 2.33 bits per heavy atom. The zero-order valence-corrected chi connectivity index (χ0v) is 12.5. The van der Waals surface area contributed by atoms with Crippen molar-refractivity contribution in [3.63, 3.8) is 0 Å². The summed E-state index contributed by atoms with van der Waals surface area (Å²) in [7, 11) is 0. The molecule has 1 atom stereocenters. The fourth-order valence-electron chi connectivity index (χ4n) is 1.90. The number of halogens is 5. The lowest BCUT2D eigenvalue weighted by atomic mass is 10.1. The van der Waals surface area contributed by atoms with Gasteiger partial charge in [-0.15, -0.1) is 0 Å². The lowest BCUT2D eigenvalue weighted by Crippen LogP contribution is -2.09. The highest BCUT2D eigenvalue weighted by Crippen LogP contribution is 2.32. The molecular formula is C15H12Cl2F3N. The Morgan fingerprint density at radius 2 is 1.71 bits per heavy atom. The van der Waals surface area contributed by atoms with E-state index in [9.17, 15) is 13.2 Å². The fourth-order valence-corrected chi connectivity index (χ4v) is 2.21. The van der Waals surface area contributed by atoms with Crippen molar-refractivity contribution in [2.75, 3.05) is 5.32 Å². The van der Waals surface area contributed by atoms with Gasteiger partial charge in [-0.2, -0.15) is 13.2 Å². The van der Waals surface area contributed by atoms with Crippen LogP contribution in [-0.2, 0) is 6.18 Å². The molecule has 0 fully saturated rings. The molecule has 2 rings (SSSR count). The Balaban J connectivity index is 2.19. The number of benzene rings is 2. The molecule has 2 aromatic carbocycles. The van der Waals surface area contributed by atoms with Crippen molar-refractivity contribution in [2.45, 2.75) is 19.1 Å². The van der Waals surface area contributed by atoms with Crippen molar-refractivity contribution in [2.24, 2.45) is 0 Å². The molecule has 1 unspecified atom stereocenters. The molecular weight excluding hydrogens is 322 g/mol. The molecule has 6 heteroatoms. The molecule has 0 aromatic heterocycles. The van der Waals surface area contributed by atoms with E-state index in [1.165, 1.54) is 6.07 Å². The standard InChI is InChI=1S/C15H12Cl2F3N/c1-9(10-5-6-13(16)14(17)7-10)21-12-4-2-3-11(8-12)15(18,19)20/h2-9,21H,1H3. The van der Waals surface area contributed by atoms with Crippen LogP contribution in [0.15, 0.2) is 42.5 Å². The maximum absolute atomic E-state index is 12.7. The van der Waals surface area contributed by atoms with Crippen LogP contribution in [-0.4, -0.2) is 0 Å². The molecule has 0 bridgehead atoms. The first-order chi connectivity index (χ1) is 9.77. The lowest BCUT2D eigenvalue weighted by Gasteiger charge is -2.17. The summed E-state index contributed by atoms with van der Waals surface area (Å²) in [6.07, 6.45) is -4.36. The number of rotatable bonds is 3. The van der Waals surface area contributed by atoms with Crippen LogP contribution in [0.4, 0.5) is 18.9 Å². The first-order valence-corrected chi connectivity index (χ1v) is 6.91. The molecule has 0 aliphatic heterocycles. The Kier molecular flexibility index (Phi) is 4.69. The van der Waals surface area contributed by atoms with Crippen molar-refractivity contribution < 1.29 is 13.2 Å². The first kappa shape index (κ1) is 16.0. The van der Waals surface area contributed by atoms with Crippen LogP contribution in [0, 0.1) is 0 Å². The van der Waals surface area contributed by atoms with Crippen LogP contribution in [0.2, 0.25) is 10.0 Å². The summed E-state index contributed by atoms with van der Waals surface area (Å²) in [4.78, 5) is 0. The van der Waals surface area contributed by atoms with Gasteiger partial charge in [0.25, 0.3) is 0 Å². The minimum absolute atomic E-state index is 0.205. The van der Waals surface area contributed by atoms with Crippen molar-refractivity contribution in [3.8, 4) is 0 Å². The SMILES string of the molecule is CC(Nc1cccc(C(F)(F)F)c1)c1ccc(Cl)c(Cl)c1. The number of hydrogen-bond donors (Lipinski definition) is 1. The van der Waals surface area contributed by atoms with E-state index in [0.29, 0.717) is 15.7 Å². The Bertz CT molecular complexity index is 641. The summed E-state index contributed by atoms with van der Waals surface area (Å²) in [5.74, 6) is 0. The molecule has 1 nitrogen and oxygen atoms in total. The molecule has 112 valence electrons. The summed E-state index contributed by atoms with van der Waals surface area (Å²) >= 11 is 11.8.